The largest absolute Gasteiger partial charge is 0.336 e. The van der Waals surface area contributed by atoms with Crippen LogP contribution in [0.3, 0.4) is 0 Å². The second kappa shape index (κ2) is 13.8. The minimum atomic E-state index is -0.687. The molecule has 2 amide bonds. The van der Waals surface area contributed by atoms with Gasteiger partial charge >= 0.3 is 0 Å². The van der Waals surface area contributed by atoms with Crippen LogP contribution in [0.15, 0.2) is 78.9 Å². The van der Waals surface area contributed by atoms with Crippen molar-refractivity contribution in [3.8, 4) is 0 Å². The van der Waals surface area contributed by atoms with E-state index in [0.29, 0.717) is 33.1 Å². The number of anilines is 2. The van der Waals surface area contributed by atoms with E-state index in [2.05, 4.69) is 39.4 Å². The average molecular weight is 611 g/mol. The second-order valence-corrected chi connectivity index (χ2v) is 11.6. The van der Waals surface area contributed by atoms with Gasteiger partial charge in [0.05, 0.1) is 12.1 Å². The summed E-state index contributed by atoms with van der Waals surface area (Å²) >= 11 is 17.9. The molecular weight excluding hydrogens is 577 g/mol. The summed E-state index contributed by atoms with van der Waals surface area (Å²) in [5.74, 6) is -0.468. The van der Waals surface area contributed by atoms with Crippen LogP contribution in [0.2, 0.25) is 10.0 Å². The van der Waals surface area contributed by atoms with Gasteiger partial charge in [-0.15, -0.1) is 0 Å². The minimum Gasteiger partial charge on any atom is -0.336 e. The van der Waals surface area contributed by atoms with E-state index in [1.165, 1.54) is 10.5 Å². The van der Waals surface area contributed by atoms with Crippen molar-refractivity contribution in [2.45, 2.75) is 25.4 Å². The number of amides is 2. The summed E-state index contributed by atoms with van der Waals surface area (Å²) in [4.78, 5) is 35.0. The van der Waals surface area contributed by atoms with Crippen molar-refractivity contribution in [1.29, 1.82) is 0 Å². The molecule has 214 valence electrons. The van der Waals surface area contributed by atoms with Crippen molar-refractivity contribution in [2.24, 2.45) is 0 Å². The molecule has 3 aromatic carbocycles. The molecule has 2 saturated heterocycles. The van der Waals surface area contributed by atoms with Crippen LogP contribution in [0, 0.1) is 0 Å². The van der Waals surface area contributed by atoms with Gasteiger partial charge in [0.2, 0.25) is 5.91 Å². The summed E-state index contributed by atoms with van der Waals surface area (Å²) in [6.07, 6.45) is 0.819. The molecule has 2 heterocycles. The number of hydrogen-bond donors (Lipinski definition) is 1. The zero-order chi connectivity index (χ0) is 28.8. The minimum absolute atomic E-state index is 0.0101. The number of nitrogens with one attached hydrogen (secondary N) is 1. The maximum absolute atomic E-state index is 13.6. The highest BCUT2D eigenvalue weighted by molar-refractivity contribution is 7.80. The van der Waals surface area contributed by atoms with Crippen molar-refractivity contribution in [3.63, 3.8) is 0 Å². The molecular formula is C31H33Cl2N5O2S. The normalized spacial score (nSPS) is 18.2. The lowest BCUT2D eigenvalue weighted by Gasteiger charge is -2.35. The predicted molar refractivity (Wildman–Crippen MR) is 170 cm³/mol. The van der Waals surface area contributed by atoms with Gasteiger partial charge in [0.25, 0.3) is 5.91 Å². The molecule has 0 bridgehead atoms. The number of thiocarbonyl (C=S) groups is 1. The van der Waals surface area contributed by atoms with Gasteiger partial charge in [-0.25, -0.2) is 0 Å². The number of piperazine rings is 1. The van der Waals surface area contributed by atoms with Gasteiger partial charge in [-0.2, -0.15) is 0 Å². The number of rotatable bonds is 10. The van der Waals surface area contributed by atoms with Crippen LogP contribution in [-0.2, 0) is 16.1 Å². The van der Waals surface area contributed by atoms with E-state index >= 15 is 0 Å². The molecule has 0 saturated carbocycles. The van der Waals surface area contributed by atoms with Gasteiger partial charge in [-0.1, -0.05) is 53.5 Å². The molecule has 0 spiro atoms. The summed E-state index contributed by atoms with van der Waals surface area (Å²) in [6, 6.07) is 23.8. The Morgan fingerprint density at radius 2 is 1.44 bits per heavy atom. The first-order valence-electron chi connectivity index (χ1n) is 13.8. The molecule has 0 unspecified atom stereocenters. The van der Waals surface area contributed by atoms with Crippen LogP contribution in [0.25, 0.3) is 0 Å². The summed E-state index contributed by atoms with van der Waals surface area (Å²) in [5.41, 5.74) is 2.61. The molecule has 2 fully saturated rings. The van der Waals surface area contributed by atoms with E-state index < -0.39 is 6.04 Å². The SMILES string of the molecule is O=C(C[C@@H]1C(=O)N(c2ccc(Cl)cc2)C(=S)N1CCCN1CCN(Cc2ccccc2)CC1)Nc1ccc(Cl)cc1. The maximum Gasteiger partial charge on any atom is 0.256 e. The molecule has 1 N–H and O–H groups in total. The monoisotopic (exact) mass is 609 g/mol. The third-order valence-corrected chi connectivity index (χ3v) is 8.42. The number of nitrogens with zero attached hydrogens (tertiary/aromatic N) is 4. The molecule has 1 atom stereocenters. The molecule has 3 aromatic rings. The lowest BCUT2D eigenvalue weighted by Crippen LogP contribution is -2.47. The summed E-state index contributed by atoms with van der Waals surface area (Å²) in [5, 5.41) is 4.45. The summed E-state index contributed by atoms with van der Waals surface area (Å²) in [6.45, 7) is 6.49. The summed E-state index contributed by atoms with van der Waals surface area (Å²) in [7, 11) is 0. The van der Waals surface area contributed by atoms with Crippen LogP contribution in [0.4, 0.5) is 11.4 Å². The van der Waals surface area contributed by atoms with Crippen LogP contribution in [0.1, 0.15) is 18.4 Å². The van der Waals surface area contributed by atoms with E-state index in [4.69, 9.17) is 35.4 Å². The molecule has 0 aliphatic carbocycles. The third-order valence-electron chi connectivity index (χ3n) is 7.50. The molecule has 0 radical (unpaired) electrons. The lowest BCUT2D eigenvalue weighted by molar-refractivity contribution is -0.124. The Morgan fingerprint density at radius 3 is 2.10 bits per heavy atom. The van der Waals surface area contributed by atoms with Crippen LogP contribution < -0.4 is 10.2 Å². The van der Waals surface area contributed by atoms with Crippen molar-refractivity contribution < 1.29 is 9.59 Å². The van der Waals surface area contributed by atoms with Crippen molar-refractivity contribution in [3.05, 3.63) is 94.5 Å². The predicted octanol–water partition coefficient (Wildman–Crippen LogP) is 5.53. The molecule has 2 aliphatic heterocycles. The first-order valence-corrected chi connectivity index (χ1v) is 15.0. The quantitative estimate of drug-likeness (QED) is 0.305. The Kier molecular flexibility index (Phi) is 9.90. The lowest BCUT2D eigenvalue weighted by atomic mass is 10.1. The number of hydrogen-bond acceptors (Lipinski definition) is 5. The Balaban J connectivity index is 1.20. The number of benzene rings is 3. The third kappa shape index (κ3) is 7.64. The fourth-order valence-corrected chi connectivity index (χ4v) is 5.98. The van der Waals surface area contributed by atoms with Crippen LogP contribution >= 0.6 is 35.4 Å². The topological polar surface area (TPSA) is 59.1 Å². The highest BCUT2D eigenvalue weighted by atomic mass is 35.5. The average Bonchev–Trinajstić information content (AvgIpc) is 3.20. The molecule has 10 heteroatoms. The molecule has 7 nitrogen and oxygen atoms in total. The summed E-state index contributed by atoms with van der Waals surface area (Å²) < 4.78 is 0. The van der Waals surface area contributed by atoms with Gasteiger partial charge in [0.15, 0.2) is 5.11 Å². The smallest absolute Gasteiger partial charge is 0.256 e. The molecule has 41 heavy (non-hydrogen) atoms. The van der Waals surface area contributed by atoms with E-state index in [9.17, 15) is 9.59 Å². The zero-order valence-electron chi connectivity index (χ0n) is 22.7. The van der Waals surface area contributed by atoms with E-state index in [1.54, 1.807) is 48.5 Å². The van der Waals surface area contributed by atoms with E-state index in [0.717, 1.165) is 45.7 Å². The fourth-order valence-electron chi connectivity index (χ4n) is 5.31. The van der Waals surface area contributed by atoms with E-state index in [-0.39, 0.29) is 18.2 Å². The van der Waals surface area contributed by atoms with Gasteiger partial charge in [-0.05, 0) is 79.3 Å². The van der Waals surface area contributed by atoms with Crippen LogP contribution in [-0.4, -0.2) is 76.9 Å². The highest BCUT2D eigenvalue weighted by Crippen LogP contribution is 2.29. The number of halogens is 2. The second-order valence-electron chi connectivity index (χ2n) is 10.4. The molecule has 5 rings (SSSR count). The van der Waals surface area contributed by atoms with Gasteiger partial charge < -0.3 is 15.1 Å². The first kappa shape index (κ1) is 29.5. The van der Waals surface area contributed by atoms with E-state index in [1.807, 2.05) is 11.0 Å². The maximum atomic E-state index is 13.6. The Hall–Kier alpha value is -3.01. The van der Waals surface area contributed by atoms with Gasteiger partial charge in [0, 0.05) is 55.0 Å². The van der Waals surface area contributed by atoms with Crippen molar-refractivity contribution >= 4 is 63.7 Å². The molecule has 2 aliphatic rings. The van der Waals surface area contributed by atoms with Crippen LogP contribution in [0.5, 0.6) is 0 Å². The standard InChI is InChI=1S/C31H33Cl2N5O2S/c32-24-7-11-26(12-8-24)34-29(39)21-28-30(40)38(27-13-9-25(33)10-14-27)31(41)37(28)16-4-15-35-17-19-36(20-18-35)22-23-5-2-1-3-6-23/h1-3,5-14,28H,4,15-22H2,(H,34,39)/t28-/m1/s1. The Morgan fingerprint density at radius 1 is 0.829 bits per heavy atom. The van der Waals surface area contributed by atoms with Crippen molar-refractivity contribution in [1.82, 2.24) is 14.7 Å². The highest BCUT2D eigenvalue weighted by Gasteiger charge is 2.43. The number of carbonyl (C=O) groups excluding carboxylic acids is 2. The zero-order valence-corrected chi connectivity index (χ0v) is 25.0. The fraction of sp³-hybridized carbons (Fsp3) is 0.323. The van der Waals surface area contributed by atoms with Gasteiger partial charge in [0.1, 0.15) is 6.04 Å². The van der Waals surface area contributed by atoms with Gasteiger partial charge in [-0.3, -0.25) is 19.4 Å². The first-order chi connectivity index (χ1) is 19.9. The number of carbonyl (C=O) groups is 2. The Labute approximate surface area is 256 Å². The molecule has 0 aromatic heterocycles. The Bertz CT molecular complexity index is 1350. The van der Waals surface area contributed by atoms with Crippen molar-refractivity contribution in [2.75, 3.05) is 49.5 Å².